The lowest BCUT2D eigenvalue weighted by atomic mass is 10.1. The predicted molar refractivity (Wildman–Crippen MR) is 85.6 cm³/mol. The highest BCUT2D eigenvalue weighted by molar-refractivity contribution is 7.90. The molecule has 0 bridgehead atoms. The molecule has 0 aliphatic heterocycles. The average Bonchev–Trinajstić information content (AvgIpc) is 2.41. The second kappa shape index (κ2) is 7.50. The van der Waals surface area contributed by atoms with E-state index in [0.717, 1.165) is 30.8 Å². The Balaban J connectivity index is 2.97. The number of hydrogen-bond donors (Lipinski definition) is 2. The Kier molecular flexibility index (Phi) is 6.29. The van der Waals surface area contributed by atoms with E-state index in [1.807, 2.05) is 32.0 Å². The summed E-state index contributed by atoms with van der Waals surface area (Å²) in [5.41, 5.74) is 2.55. The summed E-state index contributed by atoms with van der Waals surface area (Å²) in [6, 6.07) is 5.83. The van der Waals surface area contributed by atoms with Gasteiger partial charge in [0.25, 0.3) is 10.2 Å². The van der Waals surface area contributed by atoms with Gasteiger partial charge in [-0.05, 0) is 44.9 Å². The van der Waals surface area contributed by atoms with Crippen molar-refractivity contribution < 1.29 is 8.42 Å². The highest BCUT2D eigenvalue weighted by Gasteiger charge is 2.12. The van der Waals surface area contributed by atoms with Crippen molar-refractivity contribution in [1.29, 1.82) is 0 Å². The van der Waals surface area contributed by atoms with Crippen LogP contribution in [0.4, 0.5) is 11.4 Å². The second-order valence-electron chi connectivity index (χ2n) is 4.67. The Bertz CT molecular complexity index is 525. The van der Waals surface area contributed by atoms with E-state index in [-0.39, 0.29) is 0 Å². The quantitative estimate of drug-likeness (QED) is 0.775. The minimum Gasteiger partial charge on any atom is -0.372 e. The molecule has 0 heterocycles. The summed E-state index contributed by atoms with van der Waals surface area (Å²) in [6.45, 7) is 10.2. The van der Waals surface area contributed by atoms with Crippen LogP contribution in [0.15, 0.2) is 18.2 Å². The van der Waals surface area contributed by atoms with E-state index in [1.165, 1.54) is 0 Å². The molecule has 0 aliphatic carbocycles. The van der Waals surface area contributed by atoms with Crippen molar-refractivity contribution in [1.82, 2.24) is 4.72 Å². The van der Waals surface area contributed by atoms with Crippen LogP contribution >= 0.6 is 0 Å². The monoisotopic (exact) mass is 299 g/mol. The van der Waals surface area contributed by atoms with Gasteiger partial charge in [-0.25, -0.2) is 0 Å². The largest absolute Gasteiger partial charge is 0.372 e. The Morgan fingerprint density at radius 2 is 1.80 bits per heavy atom. The second-order valence-corrected chi connectivity index (χ2v) is 6.17. The lowest BCUT2D eigenvalue weighted by Crippen LogP contribution is -2.31. The van der Waals surface area contributed by atoms with Gasteiger partial charge in [-0.2, -0.15) is 13.1 Å². The summed E-state index contributed by atoms with van der Waals surface area (Å²) in [6.07, 6.45) is 0.763. The average molecular weight is 299 g/mol. The van der Waals surface area contributed by atoms with Crippen LogP contribution in [0.25, 0.3) is 0 Å². The molecule has 20 heavy (non-hydrogen) atoms. The summed E-state index contributed by atoms with van der Waals surface area (Å²) in [5.74, 6) is 0. The smallest absolute Gasteiger partial charge is 0.299 e. The van der Waals surface area contributed by atoms with Gasteiger partial charge < -0.3 is 4.90 Å². The molecule has 0 unspecified atom stereocenters. The molecular formula is C14H25N3O2S. The first-order valence-electron chi connectivity index (χ1n) is 7.06. The van der Waals surface area contributed by atoms with Gasteiger partial charge >= 0.3 is 0 Å². The summed E-state index contributed by atoms with van der Waals surface area (Å²) >= 11 is 0. The van der Waals surface area contributed by atoms with Crippen LogP contribution in [-0.4, -0.2) is 28.1 Å². The van der Waals surface area contributed by atoms with Gasteiger partial charge in [0, 0.05) is 25.3 Å². The van der Waals surface area contributed by atoms with Gasteiger partial charge in [0.15, 0.2) is 0 Å². The molecule has 0 aliphatic rings. The van der Waals surface area contributed by atoms with Crippen molar-refractivity contribution >= 4 is 21.6 Å². The van der Waals surface area contributed by atoms with Crippen molar-refractivity contribution in [3.8, 4) is 0 Å². The molecule has 1 rings (SSSR count). The first kappa shape index (κ1) is 16.8. The maximum absolute atomic E-state index is 11.9. The number of anilines is 2. The van der Waals surface area contributed by atoms with Crippen LogP contribution in [0.3, 0.4) is 0 Å². The maximum Gasteiger partial charge on any atom is 0.299 e. The van der Waals surface area contributed by atoms with E-state index in [9.17, 15) is 8.42 Å². The number of rotatable bonds is 8. The van der Waals surface area contributed by atoms with Crippen LogP contribution in [-0.2, 0) is 10.2 Å². The fourth-order valence-electron chi connectivity index (χ4n) is 1.92. The van der Waals surface area contributed by atoms with Crippen LogP contribution < -0.4 is 14.3 Å². The van der Waals surface area contributed by atoms with Gasteiger partial charge in [0.1, 0.15) is 0 Å². The van der Waals surface area contributed by atoms with Crippen LogP contribution in [0.2, 0.25) is 0 Å². The molecule has 0 atom stereocenters. The lowest BCUT2D eigenvalue weighted by Gasteiger charge is -2.22. The number of hydrogen-bond acceptors (Lipinski definition) is 3. The zero-order valence-corrected chi connectivity index (χ0v) is 13.5. The minimum atomic E-state index is -3.49. The van der Waals surface area contributed by atoms with E-state index in [4.69, 9.17) is 0 Å². The van der Waals surface area contributed by atoms with Crippen molar-refractivity contribution in [2.45, 2.75) is 34.1 Å². The van der Waals surface area contributed by atoms with Gasteiger partial charge in [-0.15, -0.1) is 0 Å². The molecule has 6 heteroatoms. The number of nitrogens with zero attached hydrogens (tertiary/aromatic N) is 1. The number of aryl methyl sites for hydroxylation is 1. The molecule has 1 aromatic carbocycles. The summed E-state index contributed by atoms with van der Waals surface area (Å²) in [5, 5.41) is 0. The Hall–Kier alpha value is -1.27. The molecule has 2 N–H and O–H groups in total. The molecule has 0 radical (unpaired) electrons. The van der Waals surface area contributed by atoms with Gasteiger partial charge in [0.05, 0.1) is 5.69 Å². The fourth-order valence-corrected chi connectivity index (χ4v) is 2.98. The zero-order valence-electron chi connectivity index (χ0n) is 12.7. The minimum absolute atomic E-state index is 0.435. The summed E-state index contributed by atoms with van der Waals surface area (Å²) in [4.78, 5) is 2.18. The van der Waals surface area contributed by atoms with Crippen molar-refractivity contribution in [3.63, 3.8) is 0 Å². The first-order chi connectivity index (χ1) is 9.43. The molecule has 1 aromatic rings. The summed E-state index contributed by atoms with van der Waals surface area (Å²) < 4.78 is 28.9. The standard InChI is InChI=1S/C14H25N3O2S/c1-5-10-15-20(18,19)16-14-11-13(9-8-12(14)4)17(6-2)7-3/h8-9,11,15-16H,5-7,10H2,1-4H3. The Morgan fingerprint density at radius 3 is 2.35 bits per heavy atom. The number of benzene rings is 1. The number of nitrogens with one attached hydrogen (secondary N) is 2. The Morgan fingerprint density at radius 1 is 1.15 bits per heavy atom. The van der Waals surface area contributed by atoms with Crippen LogP contribution in [0.1, 0.15) is 32.8 Å². The van der Waals surface area contributed by atoms with Crippen molar-refractivity contribution in [3.05, 3.63) is 23.8 Å². The molecule has 5 nitrogen and oxygen atoms in total. The molecular weight excluding hydrogens is 274 g/mol. The van der Waals surface area contributed by atoms with E-state index >= 15 is 0 Å². The molecule has 0 fully saturated rings. The molecule has 0 aromatic heterocycles. The SMILES string of the molecule is CCCNS(=O)(=O)Nc1cc(N(CC)CC)ccc1C. The zero-order chi connectivity index (χ0) is 15.2. The summed E-state index contributed by atoms with van der Waals surface area (Å²) in [7, 11) is -3.49. The van der Waals surface area contributed by atoms with Gasteiger partial charge in [-0.3, -0.25) is 4.72 Å². The first-order valence-corrected chi connectivity index (χ1v) is 8.54. The van der Waals surface area contributed by atoms with E-state index in [1.54, 1.807) is 0 Å². The molecule has 0 saturated heterocycles. The van der Waals surface area contributed by atoms with E-state index < -0.39 is 10.2 Å². The molecule has 0 saturated carbocycles. The normalized spacial score (nSPS) is 11.4. The third-order valence-corrected chi connectivity index (χ3v) is 4.21. The molecule has 0 spiro atoms. The highest BCUT2D eigenvalue weighted by Crippen LogP contribution is 2.23. The lowest BCUT2D eigenvalue weighted by molar-refractivity contribution is 0.586. The third kappa shape index (κ3) is 4.68. The highest BCUT2D eigenvalue weighted by atomic mass is 32.2. The predicted octanol–water partition coefficient (Wildman–Crippen LogP) is 2.50. The molecule has 114 valence electrons. The fraction of sp³-hybridized carbons (Fsp3) is 0.571. The molecule has 0 amide bonds. The third-order valence-electron chi connectivity index (χ3n) is 3.14. The Labute approximate surface area is 122 Å². The van der Waals surface area contributed by atoms with Crippen molar-refractivity contribution in [2.75, 3.05) is 29.3 Å². The van der Waals surface area contributed by atoms with Gasteiger partial charge in [-0.1, -0.05) is 13.0 Å². The van der Waals surface area contributed by atoms with Crippen LogP contribution in [0, 0.1) is 6.92 Å². The van der Waals surface area contributed by atoms with Crippen molar-refractivity contribution in [2.24, 2.45) is 0 Å². The topological polar surface area (TPSA) is 61.4 Å². The van der Waals surface area contributed by atoms with E-state index in [2.05, 4.69) is 28.2 Å². The maximum atomic E-state index is 11.9. The van der Waals surface area contributed by atoms with E-state index in [0.29, 0.717) is 12.2 Å². The van der Waals surface area contributed by atoms with Crippen LogP contribution in [0.5, 0.6) is 0 Å². The van der Waals surface area contributed by atoms with Gasteiger partial charge in [0.2, 0.25) is 0 Å².